The van der Waals surface area contributed by atoms with Crippen LogP contribution in [0.4, 0.5) is 13.2 Å². The van der Waals surface area contributed by atoms with Crippen LogP contribution in [0.25, 0.3) is 0 Å². The average molecular weight is 220 g/mol. The third-order valence-corrected chi connectivity index (χ3v) is 2.68. The fraction of sp³-hybridized carbons (Fsp3) is 0.400. The van der Waals surface area contributed by atoms with Gasteiger partial charge in [0.15, 0.2) is 0 Å². The summed E-state index contributed by atoms with van der Waals surface area (Å²) in [5.74, 6) is 0.645. The maximum atomic E-state index is 12.5. The summed E-state index contributed by atoms with van der Waals surface area (Å²) in [6.07, 6.45) is -4.24. The zero-order valence-electron chi connectivity index (χ0n) is 7.98. The van der Waals surface area contributed by atoms with Gasteiger partial charge in [-0.1, -0.05) is 13.0 Å². The van der Waals surface area contributed by atoms with E-state index < -0.39 is 11.7 Å². The molecule has 0 atom stereocenters. The van der Waals surface area contributed by atoms with E-state index in [-0.39, 0.29) is 0 Å². The van der Waals surface area contributed by atoms with E-state index in [1.165, 1.54) is 17.8 Å². The summed E-state index contributed by atoms with van der Waals surface area (Å²) >= 11 is 1.22. The second kappa shape index (κ2) is 4.26. The largest absolute Gasteiger partial charge is 0.417 e. The predicted molar refractivity (Wildman–Crippen MR) is 52.6 cm³/mol. The van der Waals surface area contributed by atoms with Crippen LogP contribution in [0.5, 0.6) is 0 Å². The number of hydrogen-bond acceptors (Lipinski definition) is 1. The van der Waals surface area contributed by atoms with Gasteiger partial charge in [0.2, 0.25) is 0 Å². The highest BCUT2D eigenvalue weighted by Gasteiger charge is 2.33. The monoisotopic (exact) mass is 220 g/mol. The number of alkyl halides is 3. The lowest BCUT2D eigenvalue weighted by atomic mass is 10.1. The maximum Gasteiger partial charge on any atom is 0.417 e. The van der Waals surface area contributed by atoms with Crippen LogP contribution in [0.15, 0.2) is 23.1 Å². The Labute approximate surface area is 85.5 Å². The summed E-state index contributed by atoms with van der Waals surface area (Å²) in [5, 5.41) is 0. The first-order valence-electron chi connectivity index (χ1n) is 4.25. The summed E-state index contributed by atoms with van der Waals surface area (Å²) in [6.45, 7) is 3.63. The smallest absolute Gasteiger partial charge is 0.166 e. The van der Waals surface area contributed by atoms with E-state index in [1.54, 1.807) is 13.0 Å². The summed E-state index contributed by atoms with van der Waals surface area (Å²) in [4.78, 5) is 0.319. The van der Waals surface area contributed by atoms with Gasteiger partial charge in [-0.25, -0.2) is 0 Å². The highest BCUT2D eigenvalue weighted by atomic mass is 32.2. The molecule has 0 saturated heterocycles. The van der Waals surface area contributed by atoms with Crippen molar-refractivity contribution in [3.8, 4) is 0 Å². The minimum Gasteiger partial charge on any atom is -0.166 e. The first-order valence-corrected chi connectivity index (χ1v) is 5.24. The molecule has 0 spiro atoms. The molecular weight excluding hydrogens is 209 g/mol. The first-order chi connectivity index (χ1) is 6.45. The third kappa shape index (κ3) is 2.67. The van der Waals surface area contributed by atoms with E-state index in [1.807, 2.05) is 6.92 Å². The number of aryl methyl sites for hydroxylation is 1. The van der Waals surface area contributed by atoms with Crippen molar-refractivity contribution in [3.05, 3.63) is 29.3 Å². The average Bonchev–Trinajstić information content (AvgIpc) is 2.02. The minimum atomic E-state index is -4.24. The second-order valence-electron chi connectivity index (χ2n) is 2.93. The van der Waals surface area contributed by atoms with Crippen molar-refractivity contribution in [1.82, 2.24) is 0 Å². The summed E-state index contributed by atoms with van der Waals surface area (Å²) < 4.78 is 37.5. The Hall–Kier alpha value is -0.640. The Kier molecular flexibility index (Phi) is 3.48. The molecule has 4 heteroatoms. The summed E-state index contributed by atoms with van der Waals surface area (Å²) in [7, 11) is 0. The zero-order valence-corrected chi connectivity index (χ0v) is 8.80. The normalized spacial score (nSPS) is 11.8. The van der Waals surface area contributed by atoms with Crippen LogP contribution in [0.3, 0.4) is 0 Å². The Morgan fingerprint density at radius 1 is 1.29 bits per heavy atom. The Balaban J connectivity index is 3.15. The van der Waals surface area contributed by atoms with Crippen LogP contribution in [-0.4, -0.2) is 5.75 Å². The standard InChI is InChI=1S/C10H11F3S/c1-3-14-9-6-7(2)4-5-8(9)10(11,12)13/h4-6H,3H2,1-2H3. The van der Waals surface area contributed by atoms with Crippen molar-refractivity contribution >= 4 is 11.8 Å². The number of hydrogen-bond donors (Lipinski definition) is 0. The lowest BCUT2D eigenvalue weighted by molar-refractivity contribution is -0.139. The van der Waals surface area contributed by atoms with E-state index in [0.717, 1.165) is 11.6 Å². The quantitative estimate of drug-likeness (QED) is 0.675. The van der Waals surface area contributed by atoms with E-state index in [4.69, 9.17) is 0 Å². The van der Waals surface area contributed by atoms with Gasteiger partial charge in [0.1, 0.15) is 0 Å². The molecule has 1 aromatic rings. The lowest BCUT2D eigenvalue weighted by Crippen LogP contribution is -2.06. The third-order valence-electron chi connectivity index (χ3n) is 1.74. The van der Waals surface area contributed by atoms with Crippen LogP contribution in [0.1, 0.15) is 18.1 Å². The number of halogens is 3. The molecule has 0 radical (unpaired) electrons. The molecule has 0 aromatic heterocycles. The van der Waals surface area contributed by atoms with Gasteiger partial charge in [-0.05, 0) is 30.4 Å². The maximum absolute atomic E-state index is 12.5. The number of thioether (sulfide) groups is 1. The van der Waals surface area contributed by atoms with Crippen molar-refractivity contribution in [1.29, 1.82) is 0 Å². The Morgan fingerprint density at radius 2 is 1.93 bits per heavy atom. The first kappa shape index (κ1) is 11.4. The van der Waals surface area contributed by atoms with Gasteiger partial charge in [0, 0.05) is 4.90 Å². The molecule has 1 rings (SSSR count). The van der Waals surface area contributed by atoms with Crippen molar-refractivity contribution in [2.45, 2.75) is 24.9 Å². The second-order valence-corrected chi connectivity index (χ2v) is 4.24. The van der Waals surface area contributed by atoms with Gasteiger partial charge in [-0.2, -0.15) is 13.2 Å². The molecule has 0 saturated carbocycles. The van der Waals surface area contributed by atoms with Gasteiger partial charge >= 0.3 is 6.18 Å². The fourth-order valence-corrected chi connectivity index (χ4v) is 2.06. The minimum absolute atomic E-state index is 0.319. The lowest BCUT2D eigenvalue weighted by Gasteiger charge is -2.12. The summed E-state index contributed by atoms with van der Waals surface area (Å²) in [5.41, 5.74) is 0.323. The van der Waals surface area contributed by atoms with E-state index in [9.17, 15) is 13.2 Å². The highest BCUT2D eigenvalue weighted by molar-refractivity contribution is 7.99. The van der Waals surface area contributed by atoms with E-state index >= 15 is 0 Å². The van der Waals surface area contributed by atoms with Gasteiger partial charge < -0.3 is 0 Å². The molecule has 78 valence electrons. The molecule has 0 nitrogen and oxygen atoms in total. The Morgan fingerprint density at radius 3 is 2.43 bits per heavy atom. The van der Waals surface area contributed by atoms with Crippen molar-refractivity contribution in [3.63, 3.8) is 0 Å². The molecule has 0 fully saturated rings. The van der Waals surface area contributed by atoms with Crippen LogP contribution < -0.4 is 0 Å². The van der Waals surface area contributed by atoms with E-state index in [0.29, 0.717) is 10.6 Å². The topological polar surface area (TPSA) is 0 Å². The molecule has 0 aliphatic rings. The van der Waals surface area contributed by atoms with Crippen molar-refractivity contribution in [2.24, 2.45) is 0 Å². The van der Waals surface area contributed by atoms with Gasteiger partial charge in [-0.3, -0.25) is 0 Å². The summed E-state index contributed by atoms with van der Waals surface area (Å²) in [6, 6.07) is 4.22. The molecule has 0 heterocycles. The fourth-order valence-electron chi connectivity index (χ4n) is 1.14. The van der Waals surface area contributed by atoms with Crippen molar-refractivity contribution < 1.29 is 13.2 Å². The molecule has 0 aliphatic heterocycles. The predicted octanol–water partition coefficient (Wildman–Crippen LogP) is 4.13. The molecule has 0 amide bonds. The molecule has 0 bridgehead atoms. The van der Waals surface area contributed by atoms with Crippen LogP contribution >= 0.6 is 11.8 Å². The van der Waals surface area contributed by atoms with Crippen LogP contribution in [0, 0.1) is 6.92 Å². The Bertz CT molecular complexity index is 318. The van der Waals surface area contributed by atoms with Gasteiger partial charge in [-0.15, -0.1) is 11.8 Å². The highest BCUT2D eigenvalue weighted by Crippen LogP contribution is 2.36. The SMILES string of the molecule is CCSc1cc(C)ccc1C(F)(F)F. The molecular formula is C10H11F3S. The van der Waals surface area contributed by atoms with Gasteiger partial charge in [0.05, 0.1) is 5.56 Å². The molecule has 1 aromatic carbocycles. The molecule has 0 unspecified atom stereocenters. The number of benzene rings is 1. The molecule has 0 N–H and O–H groups in total. The molecule has 0 aliphatic carbocycles. The van der Waals surface area contributed by atoms with Crippen molar-refractivity contribution in [2.75, 3.05) is 5.75 Å². The van der Waals surface area contributed by atoms with Crippen LogP contribution in [0.2, 0.25) is 0 Å². The van der Waals surface area contributed by atoms with Crippen LogP contribution in [-0.2, 0) is 6.18 Å². The van der Waals surface area contributed by atoms with Gasteiger partial charge in [0.25, 0.3) is 0 Å². The molecule has 14 heavy (non-hydrogen) atoms. The van der Waals surface area contributed by atoms with E-state index in [2.05, 4.69) is 0 Å². The number of rotatable bonds is 2. The zero-order chi connectivity index (χ0) is 10.8.